The Labute approximate surface area is 152 Å². The van der Waals surface area contributed by atoms with Gasteiger partial charge in [0.1, 0.15) is 10.7 Å². The predicted octanol–water partition coefficient (Wildman–Crippen LogP) is 3.74. The van der Waals surface area contributed by atoms with Crippen LogP contribution in [0.15, 0.2) is 47.5 Å². The lowest BCUT2D eigenvalue weighted by Gasteiger charge is -2.07. The van der Waals surface area contributed by atoms with Crippen LogP contribution in [0.4, 0.5) is 0 Å². The zero-order valence-corrected chi connectivity index (χ0v) is 14.3. The van der Waals surface area contributed by atoms with Crippen molar-refractivity contribution in [1.29, 1.82) is 0 Å². The van der Waals surface area contributed by atoms with E-state index in [4.69, 9.17) is 16.7 Å². The highest BCUT2D eigenvalue weighted by atomic mass is 35.5. The molecule has 0 aliphatic rings. The highest BCUT2D eigenvalue weighted by Gasteiger charge is 2.13. The van der Waals surface area contributed by atoms with Crippen molar-refractivity contribution in [3.05, 3.63) is 63.8 Å². The molecule has 0 spiro atoms. The Morgan fingerprint density at radius 2 is 2.00 bits per heavy atom. The number of pyridine rings is 2. The second kappa shape index (κ2) is 6.31. The van der Waals surface area contributed by atoms with Gasteiger partial charge in [0.25, 0.3) is 5.56 Å². The summed E-state index contributed by atoms with van der Waals surface area (Å²) in [5.41, 5.74) is 3.56. The third kappa shape index (κ3) is 2.84. The van der Waals surface area contributed by atoms with Gasteiger partial charge >= 0.3 is 5.97 Å². The molecular formula is C19H14ClN3O3. The van der Waals surface area contributed by atoms with Crippen molar-refractivity contribution >= 4 is 39.4 Å². The molecule has 0 aliphatic carbocycles. The maximum Gasteiger partial charge on any atom is 0.303 e. The van der Waals surface area contributed by atoms with E-state index in [9.17, 15) is 9.59 Å². The number of nitrogens with zero attached hydrogens (tertiary/aromatic N) is 1. The number of aromatic amines is 2. The lowest BCUT2D eigenvalue weighted by Crippen LogP contribution is -2.06. The number of carboxylic acids is 1. The minimum absolute atomic E-state index is 0.00202. The molecule has 3 aromatic heterocycles. The van der Waals surface area contributed by atoms with E-state index in [0.717, 1.165) is 27.5 Å². The van der Waals surface area contributed by atoms with E-state index in [2.05, 4.69) is 15.0 Å². The molecule has 26 heavy (non-hydrogen) atoms. The molecule has 3 heterocycles. The van der Waals surface area contributed by atoms with Crippen LogP contribution in [0.3, 0.4) is 0 Å². The number of aryl methyl sites for hydroxylation is 1. The number of hydrogen-bond acceptors (Lipinski definition) is 3. The van der Waals surface area contributed by atoms with Gasteiger partial charge in [-0.3, -0.25) is 9.59 Å². The van der Waals surface area contributed by atoms with Gasteiger partial charge in [-0.05, 0) is 41.8 Å². The Balaban J connectivity index is 1.95. The molecule has 0 bridgehead atoms. The SMILES string of the molecule is O=C(O)CCc1c[nH]c2c(=O)[nH]c3ccc(-c4ccc(Cl)nc4)cc3c12. The van der Waals surface area contributed by atoms with Gasteiger partial charge in [-0.2, -0.15) is 0 Å². The first kappa shape index (κ1) is 16.4. The number of fused-ring (bicyclic) bond motifs is 3. The highest BCUT2D eigenvalue weighted by Crippen LogP contribution is 2.30. The molecule has 1 aromatic carbocycles. The topological polar surface area (TPSA) is 98.8 Å². The van der Waals surface area contributed by atoms with Gasteiger partial charge < -0.3 is 15.1 Å². The Morgan fingerprint density at radius 1 is 1.19 bits per heavy atom. The average Bonchev–Trinajstić information content (AvgIpc) is 3.05. The molecule has 6 nitrogen and oxygen atoms in total. The normalized spacial score (nSPS) is 11.3. The number of carbonyl (C=O) groups is 1. The van der Waals surface area contributed by atoms with E-state index >= 15 is 0 Å². The quantitative estimate of drug-likeness (QED) is 0.478. The van der Waals surface area contributed by atoms with E-state index in [1.165, 1.54) is 0 Å². The zero-order chi connectivity index (χ0) is 18.3. The second-order valence-electron chi connectivity index (χ2n) is 6.04. The Hall–Kier alpha value is -3.12. The fraction of sp³-hybridized carbons (Fsp3) is 0.105. The van der Waals surface area contributed by atoms with Crippen molar-refractivity contribution in [2.75, 3.05) is 0 Å². The lowest BCUT2D eigenvalue weighted by atomic mass is 10.0. The average molecular weight is 368 g/mol. The Bertz CT molecular complexity index is 1190. The Morgan fingerprint density at radius 3 is 2.73 bits per heavy atom. The summed E-state index contributed by atoms with van der Waals surface area (Å²) in [6.45, 7) is 0. The van der Waals surface area contributed by atoms with Gasteiger partial charge in [-0.1, -0.05) is 17.7 Å². The standard InChI is InChI=1S/C19H14ClN3O3/c20-15-5-2-11(8-21-15)10-1-4-14-13(7-10)17-12(3-6-16(24)25)9-22-18(17)19(26)23-14/h1-2,4-5,7-9,22H,3,6H2,(H,23,26)(H,24,25). The molecule has 7 heteroatoms. The van der Waals surface area contributed by atoms with E-state index < -0.39 is 5.97 Å². The molecule has 4 rings (SSSR count). The number of carboxylic acid groups (broad SMARTS) is 1. The summed E-state index contributed by atoms with van der Waals surface area (Å²) < 4.78 is 0. The lowest BCUT2D eigenvalue weighted by molar-refractivity contribution is -0.136. The summed E-state index contributed by atoms with van der Waals surface area (Å²) in [7, 11) is 0. The smallest absolute Gasteiger partial charge is 0.303 e. The van der Waals surface area contributed by atoms with Crippen LogP contribution in [-0.4, -0.2) is 26.0 Å². The number of aromatic nitrogens is 3. The molecule has 130 valence electrons. The van der Waals surface area contributed by atoms with E-state index in [1.807, 2.05) is 24.3 Å². The van der Waals surface area contributed by atoms with Gasteiger partial charge in [0.15, 0.2) is 0 Å². The van der Waals surface area contributed by atoms with Crippen LogP contribution in [-0.2, 0) is 11.2 Å². The van der Waals surface area contributed by atoms with Crippen molar-refractivity contribution in [2.24, 2.45) is 0 Å². The summed E-state index contributed by atoms with van der Waals surface area (Å²) in [4.78, 5) is 33.2. The maximum atomic E-state index is 12.3. The zero-order valence-electron chi connectivity index (χ0n) is 13.5. The van der Waals surface area contributed by atoms with Gasteiger partial charge in [-0.25, -0.2) is 4.98 Å². The van der Waals surface area contributed by atoms with Crippen molar-refractivity contribution in [2.45, 2.75) is 12.8 Å². The summed E-state index contributed by atoms with van der Waals surface area (Å²) in [6.07, 6.45) is 3.75. The number of halogens is 1. The number of hydrogen-bond donors (Lipinski definition) is 3. The summed E-state index contributed by atoms with van der Waals surface area (Å²) in [6, 6.07) is 9.31. The van der Waals surface area contributed by atoms with Crippen LogP contribution in [0.5, 0.6) is 0 Å². The molecule has 0 radical (unpaired) electrons. The van der Waals surface area contributed by atoms with Crippen molar-refractivity contribution in [3.8, 4) is 11.1 Å². The number of rotatable bonds is 4. The van der Waals surface area contributed by atoms with Crippen molar-refractivity contribution < 1.29 is 9.90 Å². The molecule has 0 saturated heterocycles. The molecule has 0 atom stereocenters. The third-order valence-corrected chi connectivity index (χ3v) is 4.62. The number of H-pyrrole nitrogens is 2. The van der Waals surface area contributed by atoms with Crippen LogP contribution in [0, 0.1) is 0 Å². The fourth-order valence-corrected chi connectivity index (χ4v) is 3.27. The maximum absolute atomic E-state index is 12.3. The minimum Gasteiger partial charge on any atom is -0.481 e. The molecule has 0 unspecified atom stereocenters. The monoisotopic (exact) mass is 367 g/mol. The van der Waals surface area contributed by atoms with Crippen molar-refractivity contribution in [3.63, 3.8) is 0 Å². The molecule has 3 N–H and O–H groups in total. The van der Waals surface area contributed by atoms with Crippen molar-refractivity contribution in [1.82, 2.24) is 15.0 Å². The summed E-state index contributed by atoms with van der Waals surface area (Å²) in [5, 5.41) is 11.0. The largest absolute Gasteiger partial charge is 0.481 e. The Kier molecular flexibility index (Phi) is 3.97. The number of aliphatic carboxylic acids is 1. The molecule has 4 aromatic rings. The van der Waals surface area contributed by atoms with E-state index in [-0.39, 0.29) is 12.0 Å². The van der Waals surface area contributed by atoms with E-state index in [1.54, 1.807) is 18.5 Å². The molecular weight excluding hydrogens is 354 g/mol. The minimum atomic E-state index is -0.874. The van der Waals surface area contributed by atoms with Gasteiger partial charge in [0.2, 0.25) is 0 Å². The van der Waals surface area contributed by atoms with Crippen LogP contribution >= 0.6 is 11.6 Å². The van der Waals surface area contributed by atoms with Crippen LogP contribution in [0.25, 0.3) is 32.9 Å². The molecule has 0 saturated carbocycles. The summed E-state index contributed by atoms with van der Waals surface area (Å²) >= 11 is 5.85. The van der Waals surface area contributed by atoms with Crippen LogP contribution in [0.1, 0.15) is 12.0 Å². The van der Waals surface area contributed by atoms with Crippen LogP contribution in [0.2, 0.25) is 5.15 Å². The summed E-state index contributed by atoms with van der Waals surface area (Å²) in [5.74, 6) is -0.874. The van der Waals surface area contributed by atoms with E-state index in [0.29, 0.717) is 22.6 Å². The predicted molar refractivity (Wildman–Crippen MR) is 101 cm³/mol. The van der Waals surface area contributed by atoms with Crippen LogP contribution < -0.4 is 5.56 Å². The first-order valence-corrected chi connectivity index (χ1v) is 8.40. The molecule has 0 fully saturated rings. The van der Waals surface area contributed by atoms with Gasteiger partial charge in [0.05, 0.1) is 0 Å². The van der Waals surface area contributed by atoms with Gasteiger partial charge in [0, 0.05) is 40.7 Å². The third-order valence-electron chi connectivity index (χ3n) is 4.39. The molecule has 0 aliphatic heterocycles. The fourth-order valence-electron chi connectivity index (χ4n) is 3.16. The highest BCUT2D eigenvalue weighted by molar-refractivity contribution is 6.29. The first-order valence-electron chi connectivity index (χ1n) is 8.02. The number of nitrogens with one attached hydrogen (secondary N) is 2. The second-order valence-corrected chi connectivity index (χ2v) is 6.43. The first-order chi connectivity index (χ1) is 12.5. The molecule has 0 amide bonds. The van der Waals surface area contributed by atoms with Gasteiger partial charge in [-0.15, -0.1) is 0 Å². The number of benzene rings is 1.